The topological polar surface area (TPSA) is 46.2 Å². The molecule has 0 bridgehead atoms. The lowest BCUT2D eigenvalue weighted by Crippen LogP contribution is -2.20. The van der Waals surface area contributed by atoms with Gasteiger partial charge in [0.25, 0.3) is 10.0 Å². The van der Waals surface area contributed by atoms with Crippen molar-refractivity contribution in [3.63, 3.8) is 0 Å². The summed E-state index contributed by atoms with van der Waals surface area (Å²) >= 11 is 10.1. The molecule has 0 amide bonds. The fourth-order valence-electron chi connectivity index (χ4n) is 3.79. The molecule has 28 heavy (non-hydrogen) atoms. The average Bonchev–Trinajstić information content (AvgIpc) is 3.02. The Balaban J connectivity index is 1.77. The van der Waals surface area contributed by atoms with Crippen molar-refractivity contribution in [3.05, 3.63) is 94.0 Å². The van der Waals surface area contributed by atoms with Gasteiger partial charge in [-0.15, -0.1) is 0 Å². The summed E-state index contributed by atoms with van der Waals surface area (Å²) in [5.74, 6) is 0. The van der Waals surface area contributed by atoms with Crippen LogP contribution in [0.15, 0.2) is 71.6 Å². The number of alkyl halides is 1. The lowest BCUT2D eigenvalue weighted by molar-refractivity contribution is 0.600. The molecule has 0 saturated heterocycles. The monoisotopic (exact) mass is 475 g/mol. The summed E-state index contributed by atoms with van der Waals surface area (Å²) < 4.78 is 28.2. The van der Waals surface area contributed by atoms with Crippen LogP contribution in [0.2, 0.25) is 5.02 Å². The first-order valence-corrected chi connectivity index (χ1v) is 11.6. The molecule has 1 aliphatic rings. The first kappa shape index (κ1) is 19.5. The van der Waals surface area contributed by atoms with Gasteiger partial charge in [-0.3, -0.25) is 4.72 Å². The Bertz CT molecular complexity index is 1160. The standard InChI is InChI=1S/C22H19BrClNO2S/c1-15-10-11-17(28(26,27)25-21-9-5-4-8-20(21)24)14-19(15)22(23)13-12-16-6-2-3-7-18(16)22/h2-11,14,25H,12-13H2,1H3. The number of rotatable bonds is 4. The van der Waals surface area contributed by atoms with Crippen molar-refractivity contribution in [2.75, 3.05) is 4.72 Å². The molecule has 1 atom stereocenters. The van der Waals surface area contributed by atoms with Crippen molar-refractivity contribution in [2.45, 2.75) is 29.0 Å². The minimum atomic E-state index is -3.76. The molecule has 3 aromatic carbocycles. The molecule has 4 rings (SSSR count). The second-order valence-corrected chi connectivity index (χ2v) is 10.5. The molecule has 6 heteroatoms. The molecular weight excluding hydrogens is 458 g/mol. The van der Waals surface area contributed by atoms with Crippen LogP contribution in [-0.2, 0) is 20.8 Å². The molecule has 0 spiro atoms. The zero-order chi connectivity index (χ0) is 19.9. The van der Waals surface area contributed by atoms with Gasteiger partial charge in [-0.2, -0.15) is 0 Å². The summed E-state index contributed by atoms with van der Waals surface area (Å²) in [6.07, 6.45) is 1.84. The summed E-state index contributed by atoms with van der Waals surface area (Å²) in [6, 6.07) is 20.4. The Morgan fingerprint density at radius 2 is 1.71 bits per heavy atom. The number of sulfonamides is 1. The molecule has 0 heterocycles. The number of hydrogen-bond acceptors (Lipinski definition) is 2. The van der Waals surface area contributed by atoms with Crippen LogP contribution in [0.1, 0.15) is 28.7 Å². The normalized spacial score (nSPS) is 18.7. The van der Waals surface area contributed by atoms with E-state index in [0.717, 1.165) is 24.0 Å². The zero-order valence-corrected chi connectivity index (χ0v) is 18.4. The van der Waals surface area contributed by atoms with Crippen molar-refractivity contribution in [1.29, 1.82) is 0 Å². The molecule has 3 aromatic rings. The molecule has 1 unspecified atom stereocenters. The molecule has 3 nitrogen and oxygen atoms in total. The summed E-state index contributed by atoms with van der Waals surface area (Å²) in [6.45, 7) is 2.01. The number of halogens is 2. The van der Waals surface area contributed by atoms with E-state index in [1.165, 1.54) is 11.1 Å². The van der Waals surface area contributed by atoms with Crippen molar-refractivity contribution in [3.8, 4) is 0 Å². The molecule has 0 fully saturated rings. The van der Waals surface area contributed by atoms with E-state index < -0.39 is 10.0 Å². The number of aryl methyl sites for hydroxylation is 2. The summed E-state index contributed by atoms with van der Waals surface area (Å²) in [7, 11) is -3.76. The molecular formula is C22H19BrClNO2S. The van der Waals surface area contributed by atoms with E-state index in [4.69, 9.17) is 11.6 Å². The maximum atomic E-state index is 13.0. The zero-order valence-electron chi connectivity index (χ0n) is 15.2. The number of benzene rings is 3. The van der Waals surface area contributed by atoms with E-state index in [-0.39, 0.29) is 9.22 Å². The summed E-state index contributed by atoms with van der Waals surface area (Å²) in [4.78, 5) is 0.219. The van der Waals surface area contributed by atoms with Crippen LogP contribution in [0.25, 0.3) is 0 Å². The molecule has 144 valence electrons. The summed E-state index contributed by atoms with van der Waals surface area (Å²) in [5, 5.41) is 0.361. The quantitative estimate of drug-likeness (QED) is 0.467. The van der Waals surface area contributed by atoms with Gasteiger partial charge in [-0.1, -0.05) is 70.0 Å². The third-order valence-electron chi connectivity index (χ3n) is 5.25. The Hall–Kier alpha value is -1.82. The van der Waals surface area contributed by atoms with Crippen LogP contribution in [0.3, 0.4) is 0 Å². The number of fused-ring (bicyclic) bond motifs is 1. The van der Waals surface area contributed by atoms with Crippen molar-refractivity contribution in [2.24, 2.45) is 0 Å². The molecule has 1 aliphatic carbocycles. The smallest absolute Gasteiger partial charge is 0.261 e. The minimum absolute atomic E-state index is 0.219. The fraction of sp³-hybridized carbons (Fsp3) is 0.182. The fourth-order valence-corrected chi connectivity index (χ4v) is 6.15. The molecule has 0 aliphatic heterocycles. The van der Waals surface area contributed by atoms with E-state index in [1.54, 1.807) is 36.4 Å². The number of nitrogens with one attached hydrogen (secondary N) is 1. The van der Waals surface area contributed by atoms with Crippen LogP contribution < -0.4 is 4.72 Å². The Morgan fingerprint density at radius 3 is 2.50 bits per heavy atom. The molecule has 1 N–H and O–H groups in total. The minimum Gasteiger partial charge on any atom is -0.278 e. The van der Waals surface area contributed by atoms with Crippen LogP contribution in [0.5, 0.6) is 0 Å². The SMILES string of the molecule is Cc1ccc(S(=O)(=O)Nc2ccccc2Cl)cc1C1(Br)CCc2ccccc21. The first-order chi connectivity index (χ1) is 13.3. The lowest BCUT2D eigenvalue weighted by atomic mass is 9.89. The van der Waals surface area contributed by atoms with Gasteiger partial charge in [0.1, 0.15) is 0 Å². The van der Waals surface area contributed by atoms with Crippen molar-refractivity contribution < 1.29 is 8.42 Å². The predicted octanol–water partition coefficient (Wildman–Crippen LogP) is 6.03. The maximum Gasteiger partial charge on any atom is 0.261 e. The third-order valence-corrected chi connectivity index (χ3v) is 8.19. The van der Waals surface area contributed by atoms with E-state index in [0.29, 0.717) is 10.7 Å². The van der Waals surface area contributed by atoms with Crippen molar-refractivity contribution >= 4 is 43.2 Å². The number of hydrogen-bond donors (Lipinski definition) is 1. The average molecular weight is 477 g/mol. The van der Waals surface area contributed by atoms with Crippen LogP contribution in [0, 0.1) is 6.92 Å². The largest absolute Gasteiger partial charge is 0.278 e. The van der Waals surface area contributed by atoms with Gasteiger partial charge in [0, 0.05) is 0 Å². The van der Waals surface area contributed by atoms with Crippen LogP contribution in [0.4, 0.5) is 5.69 Å². The van der Waals surface area contributed by atoms with Gasteiger partial charge in [0.15, 0.2) is 0 Å². The van der Waals surface area contributed by atoms with Gasteiger partial charge in [-0.05, 0) is 66.3 Å². The maximum absolute atomic E-state index is 13.0. The highest BCUT2D eigenvalue weighted by atomic mass is 79.9. The highest BCUT2D eigenvalue weighted by Gasteiger charge is 2.39. The number of anilines is 1. The molecule has 0 radical (unpaired) electrons. The Morgan fingerprint density at radius 1 is 1.00 bits per heavy atom. The van der Waals surface area contributed by atoms with E-state index in [1.807, 2.05) is 25.1 Å². The third kappa shape index (κ3) is 3.36. The Labute approximate surface area is 178 Å². The predicted molar refractivity (Wildman–Crippen MR) is 118 cm³/mol. The lowest BCUT2D eigenvalue weighted by Gasteiger charge is -2.26. The van der Waals surface area contributed by atoms with E-state index in [9.17, 15) is 8.42 Å². The van der Waals surface area contributed by atoms with Gasteiger partial charge in [0.2, 0.25) is 0 Å². The summed E-state index contributed by atoms with van der Waals surface area (Å²) in [5.41, 5.74) is 4.88. The second-order valence-electron chi connectivity index (χ2n) is 7.02. The van der Waals surface area contributed by atoms with E-state index >= 15 is 0 Å². The first-order valence-electron chi connectivity index (χ1n) is 8.97. The van der Waals surface area contributed by atoms with Crippen molar-refractivity contribution in [1.82, 2.24) is 0 Å². The van der Waals surface area contributed by atoms with Gasteiger partial charge >= 0.3 is 0 Å². The number of para-hydroxylation sites is 1. The van der Waals surface area contributed by atoms with Gasteiger partial charge in [-0.25, -0.2) is 8.42 Å². The molecule has 0 saturated carbocycles. The highest BCUT2D eigenvalue weighted by molar-refractivity contribution is 9.09. The van der Waals surface area contributed by atoms with Gasteiger partial charge < -0.3 is 0 Å². The Kier molecular flexibility index (Phi) is 5.02. The second kappa shape index (κ2) is 7.21. The highest BCUT2D eigenvalue weighted by Crippen LogP contribution is 2.50. The van der Waals surface area contributed by atoms with Crippen LogP contribution >= 0.6 is 27.5 Å². The van der Waals surface area contributed by atoms with Gasteiger partial charge in [0.05, 0.1) is 19.9 Å². The van der Waals surface area contributed by atoms with E-state index in [2.05, 4.69) is 32.8 Å². The van der Waals surface area contributed by atoms with Crippen LogP contribution in [-0.4, -0.2) is 8.42 Å². The molecule has 0 aromatic heterocycles.